The number of esters is 1. The van der Waals surface area contributed by atoms with Crippen molar-refractivity contribution in [2.24, 2.45) is 11.8 Å². The van der Waals surface area contributed by atoms with Gasteiger partial charge in [-0.05, 0) is 74.1 Å². The molecule has 0 unspecified atom stereocenters. The Hall–Kier alpha value is -3.48. The maximum Gasteiger partial charge on any atom is 0.309 e. The van der Waals surface area contributed by atoms with Crippen LogP contribution in [-0.2, 0) is 43.1 Å². The van der Waals surface area contributed by atoms with Gasteiger partial charge in [-0.15, -0.1) is 0 Å². The van der Waals surface area contributed by atoms with Crippen LogP contribution in [0.1, 0.15) is 127 Å². The summed E-state index contributed by atoms with van der Waals surface area (Å²) in [5.74, 6) is -3.51. The molecule has 0 bridgehead atoms. The number of hydrogen-bond donors (Lipinski definition) is 3. The SMILES string of the molecule is CC(=O)CCCCC(=O)N[C@@H](C)C(=O)C[C@@H](C)C(=O)O.CC(=O)CCCCC(=O)N[C@@H](C)C(=O)C[C@@H](C)C(=O)OC(C)(C)C.O. The summed E-state index contributed by atoms with van der Waals surface area (Å²) in [4.78, 5) is 91.2. The number of rotatable bonds is 20. The van der Waals surface area contributed by atoms with Crippen molar-refractivity contribution in [2.45, 2.75) is 144 Å². The van der Waals surface area contributed by atoms with Gasteiger partial charge in [-0.1, -0.05) is 13.8 Å². The van der Waals surface area contributed by atoms with E-state index in [0.29, 0.717) is 38.5 Å². The van der Waals surface area contributed by atoms with Crippen LogP contribution in [0.2, 0.25) is 0 Å². The van der Waals surface area contributed by atoms with Gasteiger partial charge >= 0.3 is 11.9 Å². The van der Waals surface area contributed by atoms with Crippen LogP contribution >= 0.6 is 0 Å². The number of unbranched alkanes of at least 4 members (excludes halogenated alkanes) is 2. The van der Waals surface area contributed by atoms with Crippen LogP contribution < -0.4 is 10.6 Å². The Morgan fingerprint density at radius 2 is 0.956 bits per heavy atom. The van der Waals surface area contributed by atoms with Crippen molar-refractivity contribution in [3.05, 3.63) is 0 Å². The minimum absolute atomic E-state index is 0. The zero-order chi connectivity index (χ0) is 34.6. The average Bonchev–Trinajstić information content (AvgIpc) is 2.87. The second-order valence-corrected chi connectivity index (χ2v) is 12.4. The molecule has 4 atom stereocenters. The van der Waals surface area contributed by atoms with Gasteiger partial charge in [0, 0.05) is 38.5 Å². The highest BCUT2D eigenvalue weighted by Crippen LogP contribution is 2.14. The standard InChI is InChI=1S/C18H31NO5.C14H23NO5.H2O/c1-12(17(23)24-18(4,5)6)11-15(21)14(3)19-16(22)10-8-7-9-13(2)20;1-9(14(19)20)8-12(17)11(3)15-13(18)7-5-4-6-10(2)16;/h12,14H,7-11H2,1-6H3,(H,19,22);9,11H,4-8H2,1-3H3,(H,15,18)(H,19,20);1H2/t12-,14+;9-,11+;/m11./s1. The highest BCUT2D eigenvalue weighted by molar-refractivity contribution is 5.92. The minimum Gasteiger partial charge on any atom is -0.481 e. The van der Waals surface area contributed by atoms with E-state index in [1.807, 2.05) is 0 Å². The molecule has 0 aliphatic carbocycles. The number of ketones is 4. The summed E-state index contributed by atoms with van der Waals surface area (Å²) in [5, 5.41) is 13.9. The molecule has 13 heteroatoms. The van der Waals surface area contributed by atoms with Gasteiger partial charge in [-0.3, -0.25) is 28.8 Å². The lowest BCUT2D eigenvalue weighted by molar-refractivity contribution is -0.160. The Kier molecular flexibility index (Phi) is 24.3. The smallest absolute Gasteiger partial charge is 0.309 e. The van der Waals surface area contributed by atoms with E-state index < -0.39 is 41.5 Å². The summed E-state index contributed by atoms with van der Waals surface area (Å²) in [7, 11) is 0. The first-order valence-corrected chi connectivity index (χ1v) is 15.2. The van der Waals surface area contributed by atoms with E-state index in [4.69, 9.17) is 9.84 Å². The quantitative estimate of drug-likeness (QED) is 0.130. The van der Waals surface area contributed by atoms with Crippen LogP contribution in [0.25, 0.3) is 0 Å². The van der Waals surface area contributed by atoms with Crippen molar-refractivity contribution in [3.8, 4) is 0 Å². The van der Waals surface area contributed by atoms with Crippen LogP contribution in [0.3, 0.4) is 0 Å². The summed E-state index contributed by atoms with van der Waals surface area (Å²) in [6.07, 6.45) is 3.93. The Labute approximate surface area is 267 Å². The molecule has 13 nitrogen and oxygen atoms in total. The number of carbonyl (C=O) groups excluding carboxylic acids is 7. The lowest BCUT2D eigenvalue weighted by Crippen LogP contribution is -2.40. The van der Waals surface area contributed by atoms with Crippen molar-refractivity contribution in [3.63, 3.8) is 0 Å². The third-order valence-corrected chi connectivity index (χ3v) is 6.33. The average molecular weight is 645 g/mol. The van der Waals surface area contributed by atoms with Gasteiger partial charge in [0.2, 0.25) is 11.8 Å². The zero-order valence-corrected chi connectivity index (χ0v) is 28.5. The number of aliphatic carboxylic acids is 1. The minimum atomic E-state index is -1.03. The summed E-state index contributed by atoms with van der Waals surface area (Å²) >= 11 is 0. The van der Waals surface area contributed by atoms with E-state index in [9.17, 15) is 38.4 Å². The monoisotopic (exact) mass is 644 g/mol. The van der Waals surface area contributed by atoms with E-state index in [1.54, 1.807) is 41.5 Å². The molecule has 0 saturated heterocycles. The van der Waals surface area contributed by atoms with Crippen LogP contribution in [0.5, 0.6) is 0 Å². The molecule has 45 heavy (non-hydrogen) atoms. The van der Waals surface area contributed by atoms with E-state index in [-0.39, 0.29) is 66.1 Å². The molecule has 260 valence electrons. The first-order chi connectivity index (χ1) is 20.2. The third kappa shape index (κ3) is 26.6. The van der Waals surface area contributed by atoms with Gasteiger partial charge in [0.15, 0.2) is 11.6 Å². The van der Waals surface area contributed by atoms with E-state index in [2.05, 4.69) is 10.6 Å². The molecule has 0 aromatic rings. The fraction of sp³-hybridized carbons (Fsp3) is 0.750. The van der Waals surface area contributed by atoms with Gasteiger partial charge in [0.05, 0.1) is 23.9 Å². The van der Waals surface area contributed by atoms with Crippen molar-refractivity contribution >= 4 is 46.9 Å². The first kappa shape index (κ1) is 45.9. The predicted molar refractivity (Wildman–Crippen MR) is 168 cm³/mol. The Morgan fingerprint density at radius 1 is 0.622 bits per heavy atom. The fourth-order valence-electron chi connectivity index (χ4n) is 3.64. The van der Waals surface area contributed by atoms with Gasteiger partial charge in [0.25, 0.3) is 0 Å². The van der Waals surface area contributed by atoms with Crippen molar-refractivity contribution in [1.29, 1.82) is 0 Å². The molecular formula is C32H56N2O11. The molecule has 0 spiro atoms. The number of amides is 2. The first-order valence-electron chi connectivity index (χ1n) is 15.2. The molecule has 0 aromatic heterocycles. The second kappa shape index (κ2) is 23.8. The zero-order valence-electron chi connectivity index (χ0n) is 28.5. The number of carbonyl (C=O) groups is 8. The molecule has 5 N–H and O–H groups in total. The highest BCUT2D eigenvalue weighted by Gasteiger charge is 2.26. The van der Waals surface area contributed by atoms with Crippen molar-refractivity contribution in [1.82, 2.24) is 10.6 Å². The molecule has 0 saturated carbocycles. The van der Waals surface area contributed by atoms with Crippen LogP contribution in [0.4, 0.5) is 0 Å². The Balaban J connectivity index is -0.000000779. The van der Waals surface area contributed by atoms with E-state index in [0.717, 1.165) is 0 Å². The van der Waals surface area contributed by atoms with Crippen LogP contribution in [0.15, 0.2) is 0 Å². The molecule has 0 aliphatic heterocycles. The van der Waals surface area contributed by atoms with Crippen LogP contribution in [-0.4, -0.2) is 75.2 Å². The third-order valence-electron chi connectivity index (χ3n) is 6.33. The maximum atomic E-state index is 12.1. The van der Waals surface area contributed by atoms with E-state index >= 15 is 0 Å². The highest BCUT2D eigenvalue weighted by atomic mass is 16.6. The predicted octanol–water partition coefficient (Wildman–Crippen LogP) is 3.07. The topological polar surface area (TPSA) is 222 Å². The number of nitrogens with one attached hydrogen (secondary N) is 2. The van der Waals surface area contributed by atoms with Crippen LogP contribution in [0, 0.1) is 11.8 Å². The summed E-state index contributed by atoms with van der Waals surface area (Å²) in [6.45, 7) is 14.6. The molecular weight excluding hydrogens is 588 g/mol. The second-order valence-electron chi connectivity index (χ2n) is 12.4. The molecule has 0 aliphatic rings. The number of Topliss-reactive ketones (excluding diaryl/α,β-unsaturated/α-hetero) is 4. The molecule has 0 fully saturated rings. The molecule has 2 amide bonds. The van der Waals surface area contributed by atoms with Gasteiger partial charge in [-0.25, -0.2) is 0 Å². The lowest BCUT2D eigenvalue weighted by atomic mass is 10.0. The summed E-state index contributed by atoms with van der Waals surface area (Å²) in [5.41, 5.74) is -0.589. The number of ether oxygens (including phenoxy) is 1. The van der Waals surface area contributed by atoms with Gasteiger partial charge in [-0.2, -0.15) is 0 Å². The van der Waals surface area contributed by atoms with E-state index in [1.165, 1.54) is 20.8 Å². The molecule has 0 heterocycles. The number of carboxylic acids is 1. The Bertz CT molecular complexity index is 1000. The van der Waals surface area contributed by atoms with Gasteiger partial charge < -0.3 is 35.5 Å². The fourth-order valence-corrected chi connectivity index (χ4v) is 3.64. The molecule has 0 radical (unpaired) electrons. The van der Waals surface area contributed by atoms with Gasteiger partial charge in [0.1, 0.15) is 17.2 Å². The maximum absolute atomic E-state index is 12.1. The molecule has 0 aromatic carbocycles. The lowest BCUT2D eigenvalue weighted by Gasteiger charge is -2.22. The number of carboxylic acid groups (broad SMARTS) is 1. The summed E-state index contributed by atoms with van der Waals surface area (Å²) < 4.78 is 5.24. The number of hydrogen-bond acceptors (Lipinski definition) is 9. The van der Waals surface area contributed by atoms with Crippen molar-refractivity contribution in [2.75, 3.05) is 0 Å². The van der Waals surface area contributed by atoms with Crippen molar-refractivity contribution < 1.29 is 53.7 Å². The largest absolute Gasteiger partial charge is 0.481 e. The Morgan fingerprint density at radius 3 is 1.27 bits per heavy atom. The normalized spacial score (nSPS) is 13.3. The summed E-state index contributed by atoms with van der Waals surface area (Å²) in [6, 6.07) is -1.33. The molecule has 0 rings (SSSR count).